The van der Waals surface area contributed by atoms with Crippen molar-refractivity contribution in [3.63, 3.8) is 0 Å². The zero-order valence-electron chi connectivity index (χ0n) is 13.2. The van der Waals surface area contributed by atoms with Crippen molar-refractivity contribution >= 4 is 23.2 Å². The number of rotatable bonds is 2. The molecule has 0 saturated heterocycles. The van der Waals surface area contributed by atoms with E-state index in [-0.39, 0.29) is 5.82 Å². The number of fused-ring (bicyclic) bond motifs is 3. The Bertz CT molecular complexity index is 878. The average Bonchev–Trinajstić information content (AvgIpc) is 2.86. The number of halogens is 1. The molecule has 0 atom stereocenters. The topological polar surface area (TPSA) is 8.17 Å². The normalized spacial score (nSPS) is 15.4. The van der Waals surface area contributed by atoms with Crippen LogP contribution in [0, 0.1) is 5.82 Å². The Labute approximate surface area is 135 Å². The van der Waals surface area contributed by atoms with Gasteiger partial charge in [-0.15, -0.1) is 0 Å². The third-order valence-electron chi connectivity index (χ3n) is 4.56. The van der Waals surface area contributed by atoms with Gasteiger partial charge in [-0.2, -0.15) is 0 Å². The van der Waals surface area contributed by atoms with Crippen LogP contribution < -0.4 is 0 Å². The fourth-order valence-electron chi connectivity index (χ4n) is 3.39. The lowest BCUT2D eigenvalue weighted by atomic mass is 10.1. The number of hydrogen-bond acceptors (Lipinski definition) is 1. The lowest BCUT2D eigenvalue weighted by Gasteiger charge is -2.23. The zero-order valence-corrected chi connectivity index (χ0v) is 13.2. The molecule has 0 bridgehead atoms. The first kappa shape index (κ1) is 14.2. The molecule has 116 valence electrons. The van der Waals surface area contributed by atoms with E-state index >= 15 is 0 Å². The molecule has 0 N–H and O–H groups in total. The maximum Gasteiger partial charge on any atom is 0.123 e. The highest BCUT2D eigenvalue weighted by molar-refractivity contribution is 5.88. The van der Waals surface area contributed by atoms with Gasteiger partial charge >= 0.3 is 0 Å². The van der Waals surface area contributed by atoms with Crippen LogP contribution in [0.2, 0.25) is 0 Å². The second kappa shape index (κ2) is 5.67. The van der Waals surface area contributed by atoms with Gasteiger partial charge in [0.2, 0.25) is 0 Å². The van der Waals surface area contributed by atoms with Gasteiger partial charge in [0.25, 0.3) is 0 Å². The van der Waals surface area contributed by atoms with E-state index in [1.54, 1.807) is 12.1 Å². The van der Waals surface area contributed by atoms with Gasteiger partial charge in [0, 0.05) is 36.8 Å². The second-order valence-corrected chi connectivity index (χ2v) is 6.17. The molecule has 0 fully saturated rings. The van der Waals surface area contributed by atoms with Crippen LogP contribution in [-0.4, -0.2) is 23.1 Å². The predicted octanol–water partition coefficient (Wildman–Crippen LogP) is 4.40. The Morgan fingerprint density at radius 3 is 2.74 bits per heavy atom. The number of likely N-dealkylation sites (N-methyl/N-ethyl adjacent to an activating group) is 1. The fraction of sp³-hybridized carbons (Fsp3) is 0.200. The number of nitrogens with zero attached hydrogens (tertiary/aromatic N) is 2. The molecule has 1 aliphatic rings. The van der Waals surface area contributed by atoms with Gasteiger partial charge in [0.15, 0.2) is 0 Å². The van der Waals surface area contributed by atoms with Gasteiger partial charge in [-0.25, -0.2) is 4.39 Å². The summed E-state index contributed by atoms with van der Waals surface area (Å²) >= 11 is 0. The van der Waals surface area contributed by atoms with Crippen molar-refractivity contribution in [2.45, 2.75) is 13.0 Å². The summed E-state index contributed by atoms with van der Waals surface area (Å²) in [6.07, 6.45) is 5.21. The van der Waals surface area contributed by atoms with E-state index in [1.807, 2.05) is 24.3 Å². The van der Waals surface area contributed by atoms with Crippen LogP contribution in [0.3, 0.4) is 0 Å². The summed E-state index contributed by atoms with van der Waals surface area (Å²) in [7, 11) is 2.12. The van der Waals surface area contributed by atoms with E-state index in [0.29, 0.717) is 0 Å². The average molecular weight is 306 g/mol. The lowest BCUT2D eigenvalue weighted by Crippen LogP contribution is -2.26. The van der Waals surface area contributed by atoms with Gasteiger partial charge in [0.1, 0.15) is 5.82 Å². The summed E-state index contributed by atoms with van der Waals surface area (Å²) in [6, 6.07) is 15.4. The minimum absolute atomic E-state index is 0.169. The Morgan fingerprint density at radius 1 is 1.09 bits per heavy atom. The quantitative estimate of drug-likeness (QED) is 0.681. The molecule has 4 rings (SSSR count). The van der Waals surface area contributed by atoms with E-state index in [0.717, 1.165) is 36.0 Å². The maximum absolute atomic E-state index is 13.7. The Kier molecular flexibility index (Phi) is 3.50. The minimum atomic E-state index is -0.169. The Balaban J connectivity index is 1.87. The number of benzene rings is 2. The predicted molar refractivity (Wildman–Crippen MR) is 93.6 cm³/mol. The molecule has 2 heterocycles. The summed E-state index contributed by atoms with van der Waals surface area (Å²) in [5, 5.41) is 1.03. The first-order valence-electron chi connectivity index (χ1n) is 7.95. The molecule has 23 heavy (non-hydrogen) atoms. The highest BCUT2D eigenvalue weighted by atomic mass is 19.1. The maximum atomic E-state index is 13.7. The molecule has 0 aliphatic carbocycles. The van der Waals surface area contributed by atoms with Crippen LogP contribution in [0.5, 0.6) is 0 Å². The molecular weight excluding hydrogens is 287 g/mol. The third kappa shape index (κ3) is 2.57. The first-order chi connectivity index (χ1) is 11.2. The second-order valence-electron chi connectivity index (χ2n) is 6.17. The largest absolute Gasteiger partial charge is 0.320 e. The van der Waals surface area contributed by atoms with Gasteiger partial charge in [-0.1, -0.05) is 30.3 Å². The smallest absolute Gasteiger partial charge is 0.123 e. The van der Waals surface area contributed by atoms with Gasteiger partial charge in [-0.05, 0) is 42.4 Å². The van der Waals surface area contributed by atoms with Crippen LogP contribution in [0.4, 0.5) is 4.39 Å². The fourth-order valence-corrected chi connectivity index (χ4v) is 3.39. The minimum Gasteiger partial charge on any atom is -0.320 e. The molecule has 0 radical (unpaired) electrons. The van der Waals surface area contributed by atoms with E-state index in [4.69, 9.17) is 0 Å². The summed E-state index contributed by atoms with van der Waals surface area (Å²) < 4.78 is 15.9. The summed E-state index contributed by atoms with van der Waals surface area (Å²) in [5.74, 6) is -0.169. The highest BCUT2D eigenvalue weighted by Gasteiger charge is 2.21. The molecule has 0 unspecified atom stereocenters. The molecule has 3 heteroatoms. The van der Waals surface area contributed by atoms with Gasteiger partial charge in [0.05, 0.1) is 5.52 Å². The van der Waals surface area contributed by atoms with E-state index in [2.05, 4.69) is 40.9 Å². The van der Waals surface area contributed by atoms with Crippen LogP contribution >= 0.6 is 0 Å². The van der Waals surface area contributed by atoms with Crippen molar-refractivity contribution in [2.24, 2.45) is 0 Å². The van der Waals surface area contributed by atoms with E-state index < -0.39 is 0 Å². The summed E-state index contributed by atoms with van der Waals surface area (Å²) in [5.41, 5.74) is 4.80. The van der Waals surface area contributed by atoms with Crippen LogP contribution in [0.15, 0.2) is 48.5 Å². The molecule has 0 spiro atoms. The molecule has 2 aromatic carbocycles. The SMILES string of the molecule is CN1CCc2c(c3cc(F)ccc3n2/C=C/c2ccccc2)C1. The third-order valence-corrected chi connectivity index (χ3v) is 4.56. The molecule has 1 aromatic heterocycles. The number of hydrogen-bond donors (Lipinski definition) is 0. The highest BCUT2D eigenvalue weighted by Crippen LogP contribution is 2.31. The number of aromatic nitrogens is 1. The van der Waals surface area contributed by atoms with Crippen molar-refractivity contribution < 1.29 is 4.39 Å². The van der Waals surface area contributed by atoms with E-state index in [1.165, 1.54) is 11.3 Å². The van der Waals surface area contributed by atoms with Crippen molar-refractivity contribution in [1.82, 2.24) is 9.47 Å². The summed E-state index contributed by atoms with van der Waals surface area (Å²) in [6.45, 7) is 1.91. The van der Waals surface area contributed by atoms with Crippen LogP contribution in [0.25, 0.3) is 23.2 Å². The zero-order chi connectivity index (χ0) is 15.8. The molecule has 0 amide bonds. The first-order valence-corrected chi connectivity index (χ1v) is 7.95. The van der Waals surface area contributed by atoms with Gasteiger partial charge in [-0.3, -0.25) is 0 Å². The molecule has 1 aliphatic heterocycles. The Morgan fingerprint density at radius 2 is 1.91 bits per heavy atom. The Hall–Kier alpha value is -2.39. The van der Waals surface area contributed by atoms with Crippen molar-refractivity contribution in [2.75, 3.05) is 13.6 Å². The lowest BCUT2D eigenvalue weighted by molar-refractivity contribution is 0.312. The van der Waals surface area contributed by atoms with Crippen LogP contribution in [0.1, 0.15) is 16.8 Å². The standard InChI is InChI=1S/C20H19FN2/c1-22-11-10-20-18(14-22)17-13-16(21)7-8-19(17)23(20)12-9-15-5-3-2-4-6-15/h2-9,12-13H,10-11,14H2,1H3/b12-9+. The molecule has 3 aromatic rings. The molecular formula is C20H19FN2. The molecule has 0 saturated carbocycles. The van der Waals surface area contributed by atoms with Crippen molar-refractivity contribution in [3.05, 3.63) is 71.2 Å². The molecule has 2 nitrogen and oxygen atoms in total. The van der Waals surface area contributed by atoms with Crippen LogP contribution in [-0.2, 0) is 13.0 Å². The van der Waals surface area contributed by atoms with Crippen molar-refractivity contribution in [3.8, 4) is 0 Å². The van der Waals surface area contributed by atoms with Gasteiger partial charge < -0.3 is 9.47 Å². The monoisotopic (exact) mass is 306 g/mol. The van der Waals surface area contributed by atoms with Crippen molar-refractivity contribution in [1.29, 1.82) is 0 Å². The van der Waals surface area contributed by atoms with E-state index in [9.17, 15) is 4.39 Å². The summed E-state index contributed by atoms with van der Waals surface area (Å²) in [4.78, 5) is 2.29.